The summed E-state index contributed by atoms with van der Waals surface area (Å²) in [6.07, 6.45) is 2.00. The zero-order chi connectivity index (χ0) is 13.9. The summed E-state index contributed by atoms with van der Waals surface area (Å²) in [5, 5.41) is 3.39. The molecule has 1 atom stereocenters. The van der Waals surface area contributed by atoms with Gasteiger partial charge in [0, 0.05) is 19.1 Å². The Morgan fingerprint density at radius 2 is 1.85 bits per heavy atom. The molecule has 3 nitrogen and oxygen atoms in total. The highest BCUT2D eigenvalue weighted by atomic mass is 15.1. The molecule has 1 aromatic carbocycles. The van der Waals surface area contributed by atoms with Gasteiger partial charge >= 0.3 is 0 Å². The molecule has 0 aliphatic carbocycles. The van der Waals surface area contributed by atoms with Crippen molar-refractivity contribution >= 4 is 5.69 Å². The van der Waals surface area contributed by atoms with E-state index in [1.54, 1.807) is 0 Å². The zero-order valence-corrected chi connectivity index (χ0v) is 12.1. The van der Waals surface area contributed by atoms with Crippen molar-refractivity contribution in [3.05, 3.63) is 59.4 Å². The minimum Gasteiger partial charge on any atom is -0.362 e. The van der Waals surface area contributed by atoms with Crippen LogP contribution in [-0.2, 0) is 13.1 Å². The summed E-state index contributed by atoms with van der Waals surface area (Å²) >= 11 is 0. The molecular weight excluding hydrogens is 246 g/mol. The van der Waals surface area contributed by atoms with Crippen LogP contribution in [0.4, 0.5) is 5.69 Å². The van der Waals surface area contributed by atoms with E-state index < -0.39 is 0 Å². The first-order valence-electron chi connectivity index (χ1n) is 7.29. The molecule has 3 rings (SSSR count). The van der Waals surface area contributed by atoms with E-state index in [1.165, 1.54) is 16.8 Å². The predicted molar refractivity (Wildman–Crippen MR) is 82.7 cm³/mol. The van der Waals surface area contributed by atoms with Crippen LogP contribution < -0.4 is 10.2 Å². The Labute approximate surface area is 120 Å². The van der Waals surface area contributed by atoms with Gasteiger partial charge in [-0.05, 0) is 36.7 Å². The second-order valence-electron chi connectivity index (χ2n) is 5.35. The molecular formula is C17H21N3. The first-order chi connectivity index (χ1) is 9.78. The third-order valence-corrected chi connectivity index (χ3v) is 3.93. The molecule has 0 spiro atoms. The normalized spacial score (nSPS) is 15.2. The second-order valence-corrected chi connectivity index (χ2v) is 5.35. The van der Waals surface area contributed by atoms with Gasteiger partial charge in [-0.3, -0.25) is 4.98 Å². The van der Waals surface area contributed by atoms with Gasteiger partial charge in [0.15, 0.2) is 0 Å². The molecule has 0 radical (unpaired) electrons. The van der Waals surface area contributed by atoms with Crippen molar-refractivity contribution in [2.24, 2.45) is 0 Å². The number of aromatic nitrogens is 1. The van der Waals surface area contributed by atoms with E-state index in [0.717, 1.165) is 25.3 Å². The largest absolute Gasteiger partial charge is 0.362 e. The average Bonchev–Trinajstić information content (AvgIpc) is 2.91. The van der Waals surface area contributed by atoms with Crippen LogP contribution in [0.2, 0.25) is 0 Å². The van der Waals surface area contributed by atoms with Crippen LogP contribution in [-0.4, -0.2) is 11.5 Å². The van der Waals surface area contributed by atoms with Crippen LogP contribution in [0.3, 0.4) is 0 Å². The number of pyridine rings is 1. The fraction of sp³-hybridized carbons (Fsp3) is 0.353. The maximum atomic E-state index is 4.60. The minimum atomic E-state index is 0.310. The van der Waals surface area contributed by atoms with Gasteiger partial charge in [-0.25, -0.2) is 0 Å². The molecule has 0 saturated heterocycles. The predicted octanol–water partition coefficient (Wildman–Crippen LogP) is 3.27. The maximum Gasteiger partial charge on any atom is 0.0572 e. The number of nitrogens with one attached hydrogen (secondary N) is 1. The number of rotatable bonds is 4. The van der Waals surface area contributed by atoms with Gasteiger partial charge in [0.05, 0.1) is 17.6 Å². The molecule has 3 heteroatoms. The number of fused-ring (bicyclic) bond motifs is 1. The lowest BCUT2D eigenvalue weighted by Gasteiger charge is -2.18. The summed E-state index contributed by atoms with van der Waals surface area (Å²) in [4.78, 5) is 6.97. The summed E-state index contributed by atoms with van der Waals surface area (Å²) < 4.78 is 0. The lowest BCUT2D eigenvalue weighted by molar-refractivity contribution is 0.583. The summed E-state index contributed by atoms with van der Waals surface area (Å²) in [5.41, 5.74) is 5.16. The number of hydrogen-bond donors (Lipinski definition) is 1. The lowest BCUT2D eigenvalue weighted by atomic mass is 10.1. The number of hydrogen-bond acceptors (Lipinski definition) is 3. The van der Waals surface area contributed by atoms with E-state index >= 15 is 0 Å². The van der Waals surface area contributed by atoms with Crippen molar-refractivity contribution in [2.45, 2.75) is 33.0 Å². The number of nitrogens with zero attached hydrogens (tertiary/aromatic N) is 2. The Bertz CT molecular complexity index is 552. The van der Waals surface area contributed by atoms with E-state index in [0.29, 0.717) is 6.04 Å². The Hall–Kier alpha value is -1.87. The standard InChI is InChI=1S/C17H21N3/c1-3-18-13(2)17-9-8-16(10-19-17)20-11-14-6-4-5-7-15(14)12-20/h4-10,13,18H,3,11-12H2,1-2H3. The highest BCUT2D eigenvalue weighted by molar-refractivity contribution is 5.50. The molecule has 0 bridgehead atoms. The van der Waals surface area contributed by atoms with Crippen LogP contribution in [0.25, 0.3) is 0 Å². The molecule has 2 aromatic rings. The van der Waals surface area contributed by atoms with Crippen molar-refractivity contribution < 1.29 is 0 Å². The van der Waals surface area contributed by atoms with E-state index in [1.807, 2.05) is 6.20 Å². The van der Waals surface area contributed by atoms with Gasteiger partial charge in [0.2, 0.25) is 0 Å². The molecule has 1 N–H and O–H groups in total. The molecule has 1 aliphatic heterocycles. The Morgan fingerprint density at radius 1 is 1.15 bits per heavy atom. The Balaban J connectivity index is 1.74. The third-order valence-electron chi connectivity index (χ3n) is 3.93. The summed E-state index contributed by atoms with van der Waals surface area (Å²) in [6, 6.07) is 13.3. The number of benzene rings is 1. The van der Waals surface area contributed by atoms with E-state index in [9.17, 15) is 0 Å². The fourth-order valence-electron chi connectivity index (χ4n) is 2.77. The molecule has 104 valence electrons. The van der Waals surface area contributed by atoms with Gasteiger partial charge < -0.3 is 10.2 Å². The van der Waals surface area contributed by atoms with Gasteiger partial charge in [0.25, 0.3) is 0 Å². The topological polar surface area (TPSA) is 28.2 Å². The van der Waals surface area contributed by atoms with Crippen LogP contribution in [0, 0.1) is 0 Å². The van der Waals surface area contributed by atoms with E-state index in [-0.39, 0.29) is 0 Å². The van der Waals surface area contributed by atoms with Crippen LogP contribution in [0.1, 0.15) is 36.7 Å². The molecule has 20 heavy (non-hydrogen) atoms. The monoisotopic (exact) mass is 267 g/mol. The second kappa shape index (κ2) is 5.63. The Morgan fingerprint density at radius 3 is 2.40 bits per heavy atom. The summed E-state index contributed by atoms with van der Waals surface area (Å²) in [6.45, 7) is 7.20. The van der Waals surface area contributed by atoms with Gasteiger partial charge in [-0.1, -0.05) is 31.2 Å². The van der Waals surface area contributed by atoms with Crippen molar-refractivity contribution in [3.63, 3.8) is 0 Å². The van der Waals surface area contributed by atoms with Crippen molar-refractivity contribution in [1.82, 2.24) is 10.3 Å². The maximum absolute atomic E-state index is 4.60. The van der Waals surface area contributed by atoms with Crippen molar-refractivity contribution in [2.75, 3.05) is 11.4 Å². The smallest absolute Gasteiger partial charge is 0.0572 e. The highest BCUT2D eigenvalue weighted by Gasteiger charge is 2.18. The molecule has 0 saturated carbocycles. The molecule has 2 heterocycles. The van der Waals surface area contributed by atoms with Gasteiger partial charge in [-0.15, -0.1) is 0 Å². The van der Waals surface area contributed by atoms with E-state index in [4.69, 9.17) is 0 Å². The van der Waals surface area contributed by atoms with Crippen LogP contribution in [0.5, 0.6) is 0 Å². The third kappa shape index (κ3) is 2.54. The first kappa shape index (κ1) is 13.1. The first-order valence-corrected chi connectivity index (χ1v) is 7.29. The molecule has 0 amide bonds. The van der Waals surface area contributed by atoms with Gasteiger partial charge in [0.1, 0.15) is 0 Å². The Kier molecular flexibility index (Phi) is 3.70. The van der Waals surface area contributed by atoms with Crippen molar-refractivity contribution in [1.29, 1.82) is 0 Å². The molecule has 1 unspecified atom stereocenters. The fourth-order valence-corrected chi connectivity index (χ4v) is 2.77. The minimum absolute atomic E-state index is 0.310. The lowest BCUT2D eigenvalue weighted by Crippen LogP contribution is -2.19. The average molecular weight is 267 g/mol. The summed E-state index contributed by atoms with van der Waals surface area (Å²) in [7, 11) is 0. The molecule has 0 fully saturated rings. The van der Waals surface area contributed by atoms with Crippen molar-refractivity contribution in [3.8, 4) is 0 Å². The van der Waals surface area contributed by atoms with E-state index in [2.05, 4.69) is 65.4 Å². The zero-order valence-electron chi connectivity index (χ0n) is 12.1. The van der Waals surface area contributed by atoms with Crippen LogP contribution >= 0.6 is 0 Å². The molecule has 1 aliphatic rings. The number of anilines is 1. The SMILES string of the molecule is CCNC(C)c1ccc(N2Cc3ccccc3C2)cn1. The van der Waals surface area contributed by atoms with Gasteiger partial charge in [-0.2, -0.15) is 0 Å². The quantitative estimate of drug-likeness (QED) is 0.921. The van der Waals surface area contributed by atoms with Crippen LogP contribution in [0.15, 0.2) is 42.6 Å². The molecule has 1 aromatic heterocycles. The highest BCUT2D eigenvalue weighted by Crippen LogP contribution is 2.27. The summed E-state index contributed by atoms with van der Waals surface area (Å²) in [5.74, 6) is 0.